The van der Waals surface area contributed by atoms with Gasteiger partial charge < -0.3 is 19.7 Å². The number of hydrogen-bond acceptors (Lipinski definition) is 4. The molecule has 0 aliphatic rings. The second-order valence-corrected chi connectivity index (χ2v) is 6.49. The predicted molar refractivity (Wildman–Crippen MR) is 111 cm³/mol. The van der Waals surface area contributed by atoms with E-state index in [1.54, 1.807) is 37.3 Å². The monoisotopic (exact) mass is 390 g/mol. The lowest BCUT2D eigenvalue weighted by Crippen LogP contribution is -2.03. The number of carboxylic acids is 1. The van der Waals surface area contributed by atoms with Gasteiger partial charge in [0.1, 0.15) is 23.2 Å². The van der Waals surface area contributed by atoms with Gasteiger partial charge in [0.25, 0.3) is 0 Å². The molecule has 3 aromatic rings. The SMILES string of the molecule is CO/C=C(/C(=O)O)c1cccc(Oc2cccc(C(O)c3ccccc3)c2)c1C. The first kappa shape index (κ1) is 20.2. The van der Waals surface area contributed by atoms with E-state index in [4.69, 9.17) is 9.47 Å². The van der Waals surface area contributed by atoms with Crippen molar-refractivity contribution >= 4 is 11.5 Å². The van der Waals surface area contributed by atoms with Crippen molar-refractivity contribution < 1.29 is 24.5 Å². The van der Waals surface area contributed by atoms with Gasteiger partial charge in [-0.15, -0.1) is 0 Å². The highest BCUT2D eigenvalue weighted by atomic mass is 16.5. The van der Waals surface area contributed by atoms with Gasteiger partial charge in [-0.3, -0.25) is 0 Å². The number of carboxylic acid groups (broad SMARTS) is 1. The first-order chi connectivity index (χ1) is 14.0. The summed E-state index contributed by atoms with van der Waals surface area (Å²) in [6.07, 6.45) is 0.432. The molecule has 0 saturated carbocycles. The molecule has 0 radical (unpaired) electrons. The number of aliphatic carboxylic acids is 1. The van der Waals surface area contributed by atoms with Crippen LogP contribution in [0.25, 0.3) is 5.57 Å². The van der Waals surface area contributed by atoms with Crippen LogP contribution < -0.4 is 4.74 Å². The second-order valence-electron chi connectivity index (χ2n) is 6.49. The zero-order valence-electron chi connectivity index (χ0n) is 16.2. The van der Waals surface area contributed by atoms with Crippen molar-refractivity contribution in [2.24, 2.45) is 0 Å². The molecule has 0 fully saturated rings. The minimum Gasteiger partial charge on any atom is -0.503 e. The van der Waals surface area contributed by atoms with E-state index >= 15 is 0 Å². The maximum atomic E-state index is 11.5. The van der Waals surface area contributed by atoms with Crippen LogP contribution in [-0.4, -0.2) is 23.3 Å². The van der Waals surface area contributed by atoms with Gasteiger partial charge in [0.15, 0.2) is 0 Å². The Hall–Kier alpha value is -3.57. The van der Waals surface area contributed by atoms with E-state index in [0.717, 1.165) is 5.56 Å². The summed E-state index contributed by atoms with van der Waals surface area (Å²) in [4.78, 5) is 11.5. The van der Waals surface area contributed by atoms with Crippen LogP contribution in [0, 0.1) is 6.92 Å². The van der Waals surface area contributed by atoms with Crippen molar-refractivity contribution in [2.45, 2.75) is 13.0 Å². The Morgan fingerprint density at radius 2 is 1.66 bits per heavy atom. The molecule has 0 spiro atoms. The first-order valence-corrected chi connectivity index (χ1v) is 9.08. The number of rotatable bonds is 7. The van der Waals surface area contributed by atoms with Crippen LogP contribution in [0.3, 0.4) is 0 Å². The van der Waals surface area contributed by atoms with Crippen molar-refractivity contribution in [3.8, 4) is 11.5 Å². The summed E-state index contributed by atoms with van der Waals surface area (Å²) in [7, 11) is 1.40. The number of methoxy groups -OCH3 is 1. The van der Waals surface area contributed by atoms with Crippen LogP contribution >= 0.6 is 0 Å². The molecule has 5 heteroatoms. The van der Waals surface area contributed by atoms with Crippen molar-refractivity contribution in [1.82, 2.24) is 0 Å². The number of ether oxygens (including phenoxy) is 2. The number of carbonyl (C=O) groups is 1. The lowest BCUT2D eigenvalue weighted by atomic mass is 10.0. The third-order valence-corrected chi connectivity index (χ3v) is 4.56. The Balaban J connectivity index is 1.90. The molecule has 0 bridgehead atoms. The van der Waals surface area contributed by atoms with Gasteiger partial charge in [-0.2, -0.15) is 0 Å². The molecule has 1 unspecified atom stereocenters. The summed E-state index contributed by atoms with van der Waals surface area (Å²) in [5, 5.41) is 20.1. The Morgan fingerprint density at radius 3 is 2.34 bits per heavy atom. The fourth-order valence-electron chi connectivity index (χ4n) is 3.07. The third kappa shape index (κ3) is 4.65. The Morgan fingerprint density at radius 1 is 0.966 bits per heavy atom. The highest BCUT2D eigenvalue weighted by Gasteiger charge is 2.17. The molecule has 0 saturated heterocycles. The van der Waals surface area contributed by atoms with Gasteiger partial charge in [0.2, 0.25) is 0 Å². The standard InChI is InChI=1S/C24H22O5/c1-16-20(21(15-28-2)24(26)27)12-7-13-22(16)29-19-11-6-10-18(14-19)23(25)17-8-4-3-5-9-17/h3-15,23,25H,1-2H3,(H,26,27)/b21-15+. The van der Waals surface area contributed by atoms with E-state index < -0.39 is 12.1 Å². The molecule has 0 aliphatic heterocycles. The fourth-order valence-corrected chi connectivity index (χ4v) is 3.07. The topological polar surface area (TPSA) is 76.0 Å². The van der Waals surface area contributed by atoms with Crippen LogP contribution in [0.1, 0.15) is 28.4 Å². The Bertz CT molecular complexity index is 1020. The molecule has 3 aromatic carbocycles. The molecule has 0 aliphatic carbocycles. The predicted octanol–water partition coefficient (Wildman–Crippen LogP) is 4.94. The molecule has 0 heterocycles. The summed E-state index contributed by atoms with van der Waals surface area (Å²) in [6.45, 7) is 1.79. The van der Waals surface area contributed by atoms with Gasteiger partial charge in [0.05, 0.1) is 13.4 Å². The van der Waals surface area contributed by atoms with Gasteiger partial charge in [-0.05, 0) is 47.4 Å². The molecule has 3 rings (SSSR count). The first-order valence-electron chi connectivity index (χ1n) is 9.08. The fraction of sp³-hybridized carbons (Fsp3) is 0.125. The number of hydrogen-bond donors (Lipinski definition) is 2. The summed E-state index contributed by atoms with van der Waals surface area (Å²) in [5.74, 6) is -0.0116. The molecular formula is C24H22O5. The van der Waals surface area contributed by atoms with Crippen molar-refractivity contribution in [2.75, 3.05) is 7.11 Å². The molecule has 29 heavy (non-hydrogen) atoms. The van der Waals surface area contributed by atoms with E-state index in [2.05, 4.69) is 0 Å². The van der Waals surface area contributed by atoms with Crippen LogP contribution in [-0.2, 0) is 9.53 Å². The van der Waals surface area contributed by atoms with E-state index in [0.29, 0.717) is 28.2 Å². The Labute approximate surface area is 169 Å². The second kappa shape index (κ2) is 9.08. The van der Waals surface area contributed by atoms with Crippen LogP contribution in [0.4, 0.5) is 0 Å². The van der Waals surface area contributed by atoms with Crippen molar-refractivity contribution in [3.05, 3.63) is 101 Å². The van der Waals surface area contributed by atoms with E-state index in [1.807, 2.05) is 42.5 Å². The van der Waals surface area contributed by atoms with Gasteiger partial charge in [-0.25, -0.2) is 4.79 Å². The molecule has 1 atom stereocenters. The molecule has 5 nitrogen and oxygen atoms in total. The van der Waals surface area contributed by atoms with Crippen LogP contribution in [0.15, 0.2) is 79.1 Å². The van der Waals surface area contributed by atoms with E-state index in [-0.39, 0.29) is 5.57 Å². The normalized spacial score (nSPS) is 12.3. The molecule has 2 N–H and O–H groups in total. The zero-order chi connectivity index (χ0) is 20.8. The lowest BCUT2D eigenvalue weighted by Gasteiger charge is -2.15. The van der Waals surface area contributed by atoms with Gasteiger partial charge in [-0.1, -0.05) is 54.6 Å². The third-order valence-electron chi connectivity index (χ3n) is 4.56. The zero-order valence-corrected chi connectivity index (χ0v) is 16.2. The van der Waals surface area contributed by atoms with Gasteiger partial charge in [0, 0.05) is 0 Å². The Kier molecular flexibility index (Phi) is 6.32. The smallest absolute Gasteiger partial charge is 0.339 e. The van der Waals surface area contributed by atoms with Crippen LogP contribution in [0.2, 0.25) is 0 Å². The van der Waals surface area contributed by atoms with Crippen molar-refractivity contribution in [1.29, 1.82) is 0 Å². The largest absolute Gasteiger partial charge is 0.503 e. The van der Waals surface area contributed by atoms with Gasteiger partial charge >= 0.3 is 5.97 Å². The summed E-state index contributed by atoms with van der Waals surface area (Å²) in [6, 6.07) is 21.8. The minimum atomic E-state index is -1.08. The van der Waals surface area contributed by atoms with E-state index in [1.165, 1.54) is 13.4 Å². The lowest BCUT2D eigenvalue weighted by molar-refractivity contribution is -0.130. The molecule has 148 valence electrons. The highest BCUT2D eigenvalue weighted by molar-refractivity contribution is 6.15. The van der Waals surface area contributed by atoms with E-state index in [9.17, 15) is 15.0 Å². The molecular weight excluding hydrogens is 368 g/mol. The number of aliphatic hydroxyl groups is 1. The molecule has 0 amide bonds. The minimum absolute atomic E-state index is 0.0451. The summed E-state index contributed by atoms with van der Waals surface area (Å²) < 4.78 is 10.9. The average Bonchev–Trinajstić information content (AvgIpc) is 2.74. The summed E-state index contributed by atoms with van der Waals surface area (Å²) in [5.41, 5.74) is 2.72. The quantitative estimate of drug-likeness (QED) is 0.441. The van der Waals surface area contributed by atoms with Crippen LogP contribution in [0.5, 0.6) is 11.5 Å². The van der Waals surface area contributed by atoms with Crippen molar-refractivity contribution in [3.63, 3.8) is 0 Å². The molecule has 0 aromatic heterocycles. The number of benzene rings is 3. The summed E-state index contributed by atoms with van der Waals surface area (Å²) >= 11 is 0. The maximum absolute atomic E-state index is 11.5. The number of aliphatic hydroxyl groups excluding tert-OH is 1. The average molecular weight is 390 g/mol. The highest BCUT2D eigenvalue weighted by Crippen LogP contribution is 2.32. The maximum Gasteiger partial charge on any atom is 0.339 e.